The highest BCUT2D eigenvalue weighted by atomic mass is 16.8. The number of anilines is 1. The lowest BCUT2D eigenvalue weighted by molar-refractivity contribution is -0.483. The highest BCUT2D eigenvalue weighted by molar-refractivity contribution is 5.46. The van der Waals surface area contributed by atoms with Crippen LogP contribution < -0.4 is 15.7 Å². The van der Waals surface area contributed by atoms with E-state index in [1.807, 2.05) is 31.2 Å². The van der Waals surface area contributed by atoms with Crippen molar-refractivity contribution in [2.24, 2.45) is 0 Å². The van der Waals surface area contributed by atoms with E-state index in [2.05, 4.69) is 10.4 Å². The smallest absolute Gasteiger partial charge is 0.0542 e. The first kappa shape index (κ1) is 8.50. The predicted molar refractivity (Wildman–Crippen MR) is 46.5 cm³/mol. The molecule has 0 saturated carbocycles. The minimum atomic E-state index is -0.999. The molecule has 1 aromatic carbocycles. The molecule has 1 unspecified atom stereocenters. The van der Waals surface area contributed by atoms with E-state index in [1.54, 1.807) is 5.01 Å². The Morgan fingerprint density at radius 1 is 1.46 bits per heavy atom. The molecular weight excluding hydrogens is 168 g/mol. The van der Waals surface area contributed by atoms with Crippen LogP contribution in [0.1, 0.15) is 5.56 Å². The maximum atomic E-state index is 10.9. The van der Waals surface area contributed by atoms with Crippen LogP contribution in [0.5, 0.6) is 0 Å². The summed E-state index contributed by atoms with van der Waals surface area (Å²) in [6.07, 6.45) is -0.999. The Morgan fingerprint density at radius 3 is 2.69 bits per heavy atom. The SMILES string of the molecule is Cc1ccc(N2CC([O-])ON2)cc1. The largest absolute Gasteiger partial charge is 0.828 e. The number of hydrogen-bond donors (Lipinski definition) is 1. The van der Waals surface area contributed by atoms with Gasteiger partial charge in [0.25, 0.3) is 0 Å². The fraction of sp³-hybridized carbons (Fsp3) is 0.333. The lowest BCUT2D eigenvalue weighted by Crippen LogP contribution is -2.31. The molecular formula is C9H11N2O2-. The second-order valence-electron chi connectivity index (χ2n) is 3.08. The molecule has 4 heteroatoms. The number of aryl methyl sites for hydroxylation is 1. The Hall–Kier alpha value is -1.10. The third-order valence-corrected chi connectivity index (χ3v) is 1.97. The second-order valence-corrected chi connectivity index (χ2v) is 3.08. The third-order valence-electron chi connectivity index (χ3n) is 1.97. The summed E-state index contributed by atoms with van der Waals surface area (Å²) in [6, 6.07) is 7.89. The van der Waals surface area contributed by atoms with Gasteiger partial charge in [-0.2, -0.15) is 0 Å². The molecule has 1 atom stereocenters. The molecule has 13 heavy (non-hydrogen) atoms. The molecule has 0 bridgehead atoms. The van der Waals surface area contributed by atoms with Gasteiger partial charge in [-0.15, -0.1) is 5.59 Å². The van der Waals surface area contributed by atoms with Gasteiger partial charge in [-0.3, -0.25) is 9.85 Å². The van der Waals surface area contributed by atoms with E-state index < -0.39 is 6.29 Å². The zero-order chi connectivity index (χ0) is 9.26. The Bertz CT molecular complexity index is 286. The van der Waals surface area contributed by atoms with Crippen LogP contribution in [0.2, 0.25) is 0 Å². The first-order chi connectivity index (χ1) is 6.25. The molecule has 0 aliphatic carbocycles. The summed E-state index contributed by atoms with van der Waals surface area (Å²) in [5.74, 6) is 0. The van der Waals surface area contributed by atoms with Gasteiger partial charge in [0.1, 0.15) is 0 Å². The van der Waals surface area contributed by atoms with E-state index in [1.165, 1.54) is 5.56 Å². The number of rotatable bonds is 1. The standard InChI is InChI=1S/C9H11N2O2/c1-7-2-4-8(5-3-7)11-6-9(12)13-10-11/h2-5,9-10H,6H2,1H3/q-1. The minimum absolute atomic E-state index is 0.336. The number of hydrogen-bond acceptors (Lipinski definition) is 4. The van der Waals surface area contributed by atoms with E-state index in [9.17, 15) is 5.11 Å². The van der Waals surface area contributed by atoms with E-state index in [0.717, 1.165) is 5.69 Å². The monoisotopic (exact) mass is 179 g/mol. The van der Waals surface area contributed by atoms with Crippen molar-refractivity contribution in [1.82, 2.24) is 5.59 Å². The lowest BCUT2D eigenvalue weighted by Gasteiger charge is -2.16. The maximum Gasteiger partial charge on any atom is 0.0542 e. The molecule has 70 valence electrons. The van der Waals surface area contributed by atoms with Gasteiger partial charge in [0.15, 0.2) is 0 Å². The van der Waals surface area contributed by atoms with Gasteiger partial charge in [0.2, 0.25) is 0 Å². The molecule has 1 aliphatic rings. The number of hydrazine groups is 1. The zero-order valence-electron chi connectivity index (χ0n) is 7.36. The zero-order valence-corrected chi connectivity index (χ0v) is 7.36. The molecule has 0 radical (unpaired) electrons. The average Bonchev–Trinajstić information content (AvgIpc) is 2.53. The number of benzene rings is 1. The number of nitrogens with zero attached hydrogens (tertiary/aromatic N) is 1. The molecule has 2 rings (SSSR count). The lowest BCUT2D eigenvalue weighted by atomic mass is 10.2. The summed E-state index contributed by atoms with van der Waals surface area (Å²) in [7, 11) is 0. The van der Waals surface area contributed by atoms with E-state index in [4.69, 9.17) is 0 Å². The van der Waals surface area contributed by atoms with Crippen LogP contribution in [0.25, 0.3) is 0 Å². The average molecular weight is 179 g/mol. The maximum absolute atomic E-state index is 10.9. The molecule has 1 N–H and O–H groups in total. The molecule has 4 nitrogen and oxygen atoms in total. The molecule has 1 heterocycles. The van der Waals surface area contributed by atoms with Gasteiger partial charge in [-0.05, 0) is 19.1 Å². The van der Waals surface area contributed by atoms with Crippen molar-refractivity contribution in [2.45, 2.75) is 13.2 Å². The van der Waals surface area contributed by atoms with Crippen LogP contribution in [-0.4, -0.2) is 12.8 Å². The highest BCUT2D eigenvalue weighted by Gasteiger charge is 2.14. The van der Waals surface area contributed by atoms with E-state index >= 15 is 0 Å². The summed E-state index contributed by atoms with van der Waals surface area (Å²) >= 11 is 0. The van der Waals surface area contributed by atoms with E-state index in [-0.39, 0.29) is 0 Å². The van der Waals surface area contributed by atoms with Crippen LogP contribution in [-0.2, 0) is 4.84 Å². The van der Waals surface area contributed by atoms with Crippen molar-refractivity contribution < 1.29 is 9.94 Å². The fourth-order valence-corrected chi connectivity index (χ4v) is 1.23. The molecule has 1 aromatic rings. The molecule has 1 fully saturated rings. The summed E-state index contributed by atoms with van der Waals surface area (Å²) in [5.41, 5.74) is 4.71. The van der Waals surface area contributed by atoms with Crippen molar-refractivity contribution in [3.05, 3.63) is 29.8 Å². The highest BCUT2D eigenvalue weighted by Crippen LogP contribution is 2.15. The predicted octanol–water partition coefficient (Wildman–Crippen LogP) is -0.0624. The first-order valence-electron chi connectivity index (χ1n) is 4.17. The normalized spacial score (nSPS) is 22.3. The Morgan fingerprint density at radius 2 is 2.15 bits per heavy atom. The van der Waals surface area contributed by atoms with Gasteiger partial charge >= 0.3 is 0 Å². The Labute approximate surface area is 76.7 Å². The first-order valence-corrected chi connectivity index (χ1v) is 4.17. The van der Waals surface area contributed by atoms with Crippen LogP contribution in [0.15, 0.2) is 24.3 Å². The summed E-state index contributed by atoms with van der Waals surface area (Å²) in [6.45, 7) is 2.36. The number of nitrogens with one attached hydrogen (secondary N) is 1. The molecule has 0 aromatic heterocycles. The second kappa shape index (κ2) is 3.33. The van der Waals surface area contributed by atoms with Crippen molar-refractivity contribution in [1.29, 1.82) is 0 Å². The molecule has 0 spiro atoms. The Kier molecular flexibility index (Phi) is 2.18. The van der Waals surface area contributed by atoms with Gasteiger partial charge in [-0.1, -0.05) is 17.7 Å². The van der Waals surface area contributed by atoms with Crippen LogP contribution in [0.3, 0.4) is 0 Å². The van der Waals surface area contributed by atoms with Gasteiger partial charge in [0, 0.05) is 12.8 Å². The summed E-state index contributed by atoms with van der Waals surface area (Å²) in [5, 5.41) is 12.5. The van der Waals surface area contributed by atoms with Crippen molar-refractivity contribution in [3.8, 4) is 0 Å². The summed E-state index contributed by atoms with van der Waals surface area (Å²) < 4.78 is 0. The van der Waals surface area contributed by atoms with Gasteiger partial charge in [0.05, 0.1) is 5.69 Å². The van der Waals surface area contributed by atoms with Crippen LogP contribution in [0, 0.1) is 6.92 Å². The van der Waals surface area contributed by atoms with Gasteiger partial charge in [-0.25, -0.2) is 0 Å². The molecule has 1 aliphatic heterocycles. The van der Waals surface area contributed by atoms with Crippen LogP contribution in [0.4, 0.5) is 5.69 Å². The van der Waals surface area contributed by atoms with Crippen molar-refractivity contribution in [3.63, 3.8) is 0 Å². The van der Waals surface area contributed by atoms with Crippen molar-refractivity contribution >= 4 is 5.69 Å². The molecule has 1 saturated heterocycles. The summed E-state index contributed by atoms with van der Waals surface area (Å²) in [4.78, 5) is 4.67. The van der Waals surface area contributed by atoms with Crippen LogP contribution >= 0.6 is 0 Å². The minimum Gasteiger partial charge on any atom is -0.828 e. The topological polar surface area (TPSA) is 47.6 Å². The Balaban J connectivity index is 2.13. The quantitative estimate of drug-likeness (QED) is 0.656. The van der Waals surface area contributed by atoms with E-state index in [0.29, 0.717) is 6.54 Å². The van der Waals surface area contributed by atoms with Crippen molar-refractivity contribution in [2.75, 3.05) is 11.6 Å². The fourth-order valence-electron chi connectivity index (χ4n) is 1.23. The van der Waals surface area contributed by atoms with Gasteiger partial charge < -0.3 is 5.11 Å². The third kappa shape index (κ3) is 1.80. The molecule has 0 amide bonds.